The van der Waals surface area contributed by atoms with Crippen molar-refractivity contribution in [3.05, 3.63) is 50.7 Å². The minimum absolute atomic E-state index is 0.102. The molecule has 0 spiro atoms. The number of nitrogens with zero attached hydrogens (tertiary/aromatic N) is 1. The highest BCUT2D eigenvalue weighted by molar-refractivity contribution is 7.14. The van der Waals surface area contributed by atoms with E-state index in [2.05, 4.69) is 0 Å². The zero-order chi connectivity index (χ0) is 13.8. The fraction of sp³-hybridized carbons (Fsp3) is 0.143. The molecule has 0 bridgehead atoms. The second-order valence-corrected chi connectivity index (χ2v) is 5.60. The average molecular weight is 292 g/mol. The molecular formula is C14H10ClNO2S. The van der Waals surface area contributed by atoms with Gasteiger partial charge in [0.2, 0.25) is 5.78 Å². The quantitative estimate of drug-likeness (QED) is 0.804. The number of nitriles is 1. The summed E-state index contributed by atoms with van der Waals surface area (Å²) >= 11 is 7.26. The summed E-state index contributed by atoms with van der Waals surface area (Å²) in [7, 11) is 0. The monoisotopic (exact) mass is 291 g/mol. The van der Waals surface area contributed by atoms with Gasteiger partial charge in [-0.15, -0.1) is 11.3 Å². The summed E-state index contributed by atoms with van der Waals surface area (Å²) in [6, 6.07) is 10.4. The highest BCUT2D eigenvalue weighted by atomic mass is 35.5. The SMILES string of the molecule is Cc1ccc(C(=O)COc2cc(Cl)ccc2C#N)s1. The number of aryl methyl sites for hydroxylation is 1. The van der Waals surface area contributed by atoms with E-state index in [-0.39, 0.29) is 12.4 Å². The molecule has 19 heavy (non-hydrogen) atoms. The molecule has 1 aromatic carbocycles. The molecule has 0 saturated carbocycles. The van der Waals surface area contributed by atoms with Crippen LogP contribution in [0.4, 0.5) is 0 Å². The van der Waals surface area contributed by atoms with Crippen molar-refractivity contribution in [3.8, 4) is 11.8 Å². The molecule has 5 heteroatoms. The number of hydrogen-bond acceptors (Lipinski definition) is 4. The van der Waals surface area contributed by atoms with Crippen LogP contribution in [0.15, 0.2) is 30.3 Å². The van der Waals surface area contributed by atoms with E-state index in [9.17, 15) is 4.79 Å². The second kappa shape index (κ2) is 5.87. The fourth-order valence-corrected chi connectivity index (χ4v) is 2.46. The van der Waals surface area contributed by atoms with E-state index in [4.69, 9.17) is 21.6 Å². The first kappa shape index (κ1) is 13.6. The largest absolute Gasteiger partial charge is 0.484 e. The molecule has 2 aromatic rings. The lowest BCUT2D eigenvalue weighted by Crippen LogP contribution is -2.10. The summed E-state index contributed by atoms with van der Waals surface area (Å²) in [4.78, 5) is 13.6. The van der Waals surface area contributed by atoms with Gasteiger partial charge >= 0.3 is 0 Å². The van der Waals surface area contributed by atoms with Gasteiger partial charge < -0.3 is 4.74 Å². The number of hydrogen-bond donors (Lipinski definition) is 0. The molecule has 0 saturated heterocycles. The van der Waals surface area contributed by atoms with E-state index in [0.29, 0.717) is 21.2 Å². The van der Waals surface area contributed by atoms with Crippen LogP contribution in [0.1, 0.15) is 20.1 Å². The van der Waals surface area contributed by atoms with Crippen LogP contribution in [0.5, 0.6) is 5.75 Å². The third-order valence-electron chi connectivity index (χ3n) is 2.44. The van der Waals surface area contributed by atoms with Crippen LogP contribution in [0, 0.1) is 18.3 Å². The highest BCUT2D eigenvalue weighted by Gasteiger charge is 2.11. The van der Waals surface area contributed by atoms with Crippen LogP contribution in [-0.2, 0) is 0 Å². The summed E-state index contributed by atoms with van der Waals surface area (Å²) in [5, 5.41) is 9.41. The zero-order valence-corrected chi connectivity index (χ0v) is 11.7. The van der Waals surface area contributed by atoms with Crippen molar-refractivity contribution >= 4 is 28.7 Å². The van der Waals surface area contributed by atoms with Crippen molar-refractivity contribution in [2.75, 3.05) is 6.61 Å². The predicted molar refractivity (Wildman–Crippen MR) is 75.0 cm³/mol. The number of Topliss-reactive ketones (excluding diaryl/α,β-unsaturated/α-hetero) is 1. The van der Waals surface area contributed by atoms with E-state index in [0.717, 1.165) is 4.88 Å². The Kier molecular flexibility index (Phi) is 4.20. The minimum Gasteiger partial charge on any atom is -0.484 e. The molecule has 96 valence electrons. The molecule has 0 unspecified atom stereocenters. The molecule has 2 rings (SSSR count). The molecule has 1 aromatic heterocycles. The van der Waals surface area contributed by atoms with Crippen LogP contribution in [0.2, 0.25) is 5.02 Å². The topological polar surface area (TPSA) is 50.1 Å². The molecular weight excluding hydrogens is 282 g/mol. The van der Waals surface area contributed by atoms with Crippen LogP contribution in [0.3, 0.4) is 0 Å². The van der Waals surface area contributed by atoms with Crippen LogP contribution >= 0.6 is 22.9 Å². The average Bonchev–Trinajstić information content (AvgIpc) is 2.83. The van der Waals surface area contributed by atoms with Crippen molar-refractivity contribution in [2.24, 2.45) is 0 Å². The molecule has 0 aliphatic carbocycles. The Labute approximate surface area is 120 Å². The number of benzene rings is 1. The first-order chi connectivity index (χ1) is 9.10. The van der Waals surface area contributed by atoms with Gasteiger partial charge in [-0.1, -0.05) is 11.6 Å². The molecule has 0 fully saturated rings. The number of carbonyl (C=O) groups is 1. The number of ketones is 1. The number of rotatable bonds is 4. The van der Waals surface area contributed by atoms with Crippen molar-refractivity contribution in [1.29, 1.82) is 5.26 Å². The van der Waals surface area contributed by atoms with Gasteiger partial charge in [0.25, 0.3) is 0 Å². The molecule has 0 aliphatic rings. The fourth-order valence-electron chi connectivity index (χ4n) is 1.51. The lowest BCUT2D eigenvalue weighted by Gasteiger charge is -2.06. The Bertz CT molecular complexity index is 658. The second-order valence-electron chi connectivity index (χ2n) is 3.87. The third kappa shape index (κ3) is 3.34. The maximum absolute atomic E-state index is 11.9. The standard InChI is InChI=1S/C14H10ClNO2S/c1-9-2-5-14(19-9)12(17)8-18-13-6-11(15)4-3-10(13)7-16/h2-6H,8H2,1H3. The summed E-state index contributed by atoms with van der Waals surface area (Å²) in [6.07, 6.45) is 0. The van der Waals surface area contributed by atoms with Crippen LogP contribution < -0.4 is 4.74 Å². The maximum atomic E-state index is 11.9. The highest BCUT2D eigenvalue weighted by Crippen LogP contribution is 2.23. The number of thiophene rings is 1. The first-order valence-electron chi connectivity index (χ1n) is 5.52. The van der Waals surface area contributed by atoms with Gasteiger partial charge in [-0.05, 0) is 31.2 Å². The lowest BCUT2D eigenvalue weighted by molar-refractivity contribution is 0.0925. The van der Waals surface area contributed by atoms with Gasteiger partial charge in [-0.25, -0.2) is 0 Å². The van der Waals surface area contributed by atoms with Gasteiger partial charge in [0.05, 0.1) is 10.4 Å². The number of ether oxygens (including phenoxy) is 1. The van der Waals surface area contributed by atoms with E-state index in [1.807, 2.05) is 19.1 Å². The zero-order valence-electron chi connectivity index (χ0n) is 10.1. The molecule has 3 nitrogen and oxygen atoms in total. The summed E-state index contributed by atoms with van der Waals surface area (Å²) in [5.74, 6) is 0.221. The summed E-state index contributed by atoms with van der Waals surface area (Å²) in [5.41, 5.74) is 0.361. The summed E-state index contributed by atoms with van der Waals surface area (Å²) < 4.78 is 5.38. The molecule has 0 radical (unpaired) electrons. The van der Waals surface area contributed by atoms with Crippen molar-refractivity contribution in [3.63, 3.8) is 0 Å². The van der Waals surface area contributed by atoms with Crippen molar-refractivity contribution in [2.45, 2.75) is 6.92 Å². The van der Waals surface area contributed by atoms with Crippen molar-refractivity contribution < 1.29 is 9.53 Å². The van der Waals surface area contributed by atoms with Gasteiger partial charge in [0, 0.05) is 16.0 Å². The smallest absolute Gasteiger partial charge is 0.210 e. The number of carbonyl (C=O) groups excluding carboxylic acids is 1. The Hall–Kier alpha value is -1.83. The molecule has 0 amide bonds. The summed E-state index contributed by atoms with van der Waals surface area (Å²) in [6.45, 7) is 1.84. The van der Waals surface area contributed by atoms with Gasteiger partial charge in [0.15, 0.2) is 6.61 Å². The third-order valence-corrected chi connectivity index (χ3v) is 3.71. The van der Waals surface area contributed by atoms with Crippen LogP contribution in [0.25, 0.3) is 0 Å². The molecule has 1 heterocycles. The minimum atomic E-state index is -0.109. The van der Waals surface area contributed by atoms with Crippen LogP contribution in [-0.4, -0.2) is 12.4 Å². The first-order valence-corrected chi connectivity index (χ1v) is 6.71. The Morgan fingerprint density at radius 1 is 1.42 bits per heavy atom. The molecule has 0 N–H and O–H groups in total. The van der Waals surface area contributed by atoms with Gasteiger partial charge in [0.1, 0.15) is 11.8 Å². The normalized spacial score (nSPS) is 9.95. The predicted octanol–water partition coefficient (Wildman–Crippen LogP) is 3.84. The van der Waals surface area contributed by atoms with E-state index in [1.54, 1.807) is 18.2 Å². The lowest BCUT2D eigenvalue weighted by atomic mass is 10.2. The van der Waals surface area contributed by atoms with E-state index in [1.165, 1.54) is 17.4 Å². The number of halogens is 1. The van der Waals surface area contributed by atoms with Crippen molar-refractivity contribution in [1.82, 2.24) is 0 Å². The van der Waals surface area contributed by atoms with E-state index >= 15 is 0 Å². The van der Waals surface area contributed by atoms with Gasteiger partial charge in [-0.3, -0.25) is 4.79 Å². The maximum Gasteiger partial charge on any atom is 0.210 e. The molecule has 0 atom stereocenters. The van der Waals surface area contributed by atoms with E-state index < -0.39 is 0 Å². The Morgan fingerprint density at radius 3 is 2.84 bits per heavy atom. The van der Waals surface area contributed by atoms with Gasteiger partial charge in [-0.2, -0.15) is 5.26 Å². The molecule has 0 aliphatic heterocycles. The Morgan fingerprint density at radius 2 is 2.21 bits per heavy atom. The Balaban J connectivity index is 2.09.